The summed E-state index contributed by atoms with van der Waals surface area (Å²) < 4.78 is 17.3. The third-order valence-electron chi connectivity index (χ3n) is 7.30. The summed E-state index contributed by atoms with van der Waals surface area (Å²) in [7, 11) is 3.93. The number of imidazole rings is 1. The van der Waals surface area contributed by atoms with Gasteiger partial charge in [-0.05, 0) is 57.0 Å². The van der Waals surface area contributed by atoms with Crippen molar-refractivity contribution in [3.8, 4) is 22.7 Å². The first-order valence-corrected chi connectivity index (χ1v) is 10.6. The fourth-order valence-electron chi connectivity index (χ4n) is 5.19. The van der Waals surface area contributed by atoms with Crippen LogP contribution in [-0.2, 0) is 0 Å². The van der Waals surface area contributed by atoms with Gasteiger partial charge in [-0.15, -0.1) is 10.2 Å². The Morgan fingerprint density at radius 2 is 2.06 bits per heavy atom. The molecule has 4 atom stereocenters. The van der Waals surface area contributed by atoms with Gasteiger partial charge in [-0.2, -0.15) is 0 Å². The topological polar surface area (TPSA) is 70.3 Å². The second-order valence-electron chi connectivity index (χ2n) is 8.99. The molecule has 2 aromatic heterocycles. The van der Waals surface area contributed by atoms with Crippen molar-refractivity contribution in [3.05, 3.63) is 49.1 Å². The van der Waals surface area contributed by atoms with Crippen molar-refractivity contribution in [2.75, 3.05) is 25.5 Å². The van der Waals surface area contributed by atoms with E-state index in [9.17, 15) is 5.11 Å². The molecule has 0 radical (unpaired) electrons. The van der Waals surface area contributed by atoms with Gasteiger partial charge in [0.25, 0.3) is 0 Å². The third-order valence-corrected chi connectivity index (χ3v) is 7.30. The van der Waals surface area contributed by atoms with Crippen LogP contribution in [0.2, 0.25) is 0 Å². The highest BCUT2D eigenvalue weighted by atomic mass is 19.1. The van der Waals surface area contributed by atoms with Crippen molar-refractivity contribution in [2.24, 2.45) is 5.92 Å². The number of hydrogen-bond acceptors (Lipinski definition) is 6. The normalized spacial score (nSPS) is 28.1. The molecule has 2 bridgehead atoms. The fraction of sp³-hybridized carbons (Fsp3) is 0.435. The fourth-order valence-corrected chi connectivity index (χ4v) is 5.19. The third kappa shape index (κ3) is 3.17. The van der Waals surface area contributed by atoms with E-state index in [2.05, 4.69) is 20.1 Å². The summed E-state index contributed by atoms with van der Waals surface area (Å²) in [5, 5.41) is 19.2. The molecule has 1 unspecified atom stereocenters. The molecule has 2 aliphatic heterocycles. The molecule has 0 spiro atoms. The molecule has 8 heteroatoms. The van der Waals surface area contributed by atoms with E-state index < -0.39 is 11.7 Å². The van der Waals surface area contributed by atoms with Gasteiger partial charge in [0.2, 0.25) is 0 Å². The van der Waals surface area contributed by atoms with Crippen molar-refractivity contribution in [2.45, 2.75) is 37.5 Å². The van der Waals surface area contributed by atoms with E-state index in [0.29, 0.717) is 17.1 Å². The Morgan fingerprint density at radius 1 is 1.23 bits per heavy atom. The van der Waals surface area contributed by atoms with Crippen LogP contribution >= 0.6 is 0 Å². The average molecular weight is 423 g/mol. The molecule has 3 aromatic rings. The van der Waals surface area contributed by atoms with Gasteiger partial charge >= 0.3 is 0 Å². The highest BCUT2D eigenvalue weighted by molar-refractivity contribution is 5.69. The number of phenolic OH excluding ortho intramolecular Hbond substituents is 1. The van der Waals surface area contributed by atoms with Crippen LogP contribution in [0.5, 0.6) is 5.75 Å². The van der Waals surface area contributed by atoms with Crippen LogP contribution in [-0.4, -0.2) is 68.1 Å². The molecule has 1 N–H and O–H groups in total. The minimum absolute atomic E-state index is 0.117. The Morgan fingerprint density at radius 3 is 2.71 bits per heavy atom. The largest absolute Gasteiger partial charge is 0.507 e. The number of alkyl halides is 1. The van der Waals surface area contributed by atoms with E-state index >= 15 is 4.39 Å². The van der Waals surface area contributed by atoms with Gasteiger partial charge in [0, 0.05) is 37.6 Å². The predicted octanol–water partition coefficient (Wildman–Crippen LogP) is 3.29. The zero-order valence-corrected chi connectivity index (χ0v) is 18.0. The number of piperidine rings is 2. The van der Waals surface area contributed by atoms with Gasteiger partial charge in [0.05, 0.1) is 29.3 Å². The van der Waals surface area contributed by atoms with Crippen LogP contribution < -0.4 is 4.90 Å². The molecule has 31 heavy (non-hydrogen) atoms. The van der Waals surface area contributed by atoms with Gasteiger partial charge in [-0.1, -0.05) is 0 Å². The second-order valence-corrected chi connectivity index (χ2v) is 8.99. The van der Waals surface area contributed by atoms with Crippen LogP contribution in [0.3, 0.4) is 0 Å². The lowest BCUT2D eigenvalue weighted by molar-refractivity contribution is -0.0816. The monoisotopic (exact) mass is 422 g/mol. The van der Waals surface area contributed by atoms with E-state index in [1.54, 1.807) is 18.6 Å². The van der Waals surface area contributed by atoms with Crippen LogP contribution in [0.15, 0.2) is 49.1 Å². The maximum absolute atomic E-state index is 15.5. The first-order valence-electron chi connectivity index (χ1n) is 10.6. The van der Waals surface area contributed by atoms with Crippen LogP contribution in [0, 0.1) is 5.92 Å². The van der Waals surface area contributed by atoms with Gasteiger partial charge in [-0.3, -0.25) is 4.90 Å². The predicted molar refractivity (Wildman–Crippen MR) is 117 cm³/mol. The Balaban J connectivity index is 1.38. The summed E-state index contributed by atoms with van der Waals surface area (Å²) in [4.78, 5) is 8.14. The van der Waals surface area contributed by atoms with Gasteiger partial charge < -0.3 is 14.6 Å². The number of benzene rings is 1. The maximum atomic E-state index is 15.5. The first-order chi connectivity index (χ1) is 14.9. The van der Waals surface area contributed by atoms with E-state index in [1.807, 2.05) is 60.9 Å². The van der Waals surface area contributed by atoms with E-state index in [4.69, 9.17) is 0 Å². The molecule has 4 heterocycles. The average Bonchev–Trinajstić information content (AvgIpc) is 3.30. The number of phenols is 1. The zero-order valence-electron chi connectivity index (χ0n) is 18.0. The Hall–Kier alpha value is -3.00. The Bertz CT molecular complexity index is 1070. The number of halogens is 1. The van der Waals surface area contributed by atoms with Crippen LogP contribution in [0.25, 0.3) is 16.9 Å². The van der Waals surface area contributed by atoms with Gasteiger partial charge in [-0.25, -0.2) is 9.37 Å². The van der Waals surface area contributed by atoms with E-state index in [-0.39, 0.29) is 17.7 Å². The number of aromatic nitrogens is 4. The van der Waals surface area contributed by atoms with Crippen LogP contribution in [0.1, 0.15) is 19.8 Å². The first kappa shape index (κ1) is 19.9. The second kappa shape index (κ2) is 7.30. The molecule has 7 nitrogen and oxygen atoms in total. The summed E-state index contributed by atoms with van der Waals surface area (Å²) in [5.74, 6) is 1.03. The molecular weight excluding hydrogens is 395 g/mol. The van der Waals surface area contributed by atoms with Crippen LogP contribution in [0.4, 0.5) is 10.2 Å². The minimum Gasteiger partial charge on any atom is -0.507 e. The molecule has 3 aliphatic rings. The number of nitrogens with zero attached hydrogens (tertiary/aromatic N) is 6. The van der Waals surface area contributed by atoms with Crippen molar-refractivity contribution in [1.29, 1.82) is 0 Å². The zero-order chi connectivity index (χ0) is 21.8. The highest BCUT2D eigenvalue weighted by Crippen LogP contribution is 2.46. The molecule has 162 valence electrons. The quantitative estimate of drug-likeness (QED) is 0.696. The summed E-state index contributed by atoms with van der Waals surface area (Å²) in [6.45, 7) is 2.92. The minimum atomic E-state index is -0.948. The van der Waals surface area contributed by atoms with Crippen molar-refractivity contribution < 1.29 is 9.50 Å². The molecule has 0 amide bonds. The molecule has 2 saturated heterocycles. The van der Waals surface area contributed by atoms with Crippen molar-refractivity contribution in [1.82, 2.24) is 24.6 Å². The number of rotatable bonds is 4. The van der Waals surface area contributed by atoms with E-state index in [1.165, 1.54) is 0 Å². The summed E-state index contributed by atoms with van der Waals surface area (Å²) in [5.41, 5.74) is 1.55. The van der Waals surface area contributed by atoms with Gasteiger partial charge in [0.15, 0.2) is 5.82 Å². The number of fused-ring (bicyclic) bond motifs is 3. The summed E-state index contributed by atoms with van der Waals surface area (Å²) in [6.07, 6.45) is 6.14. The molecule has 6 rings (SSSR count). The maximum Gasteiger partial charge on any atom is 0.151 e. The lowest BCUT2D eigenvalue weighted by Gasteiger charge is -2.58. The van der Waals surface area contributed by atoms with Gasteiger partial charge in [0.1, 0.15) is 11.9 Å². The SMILES string of the molecule is CN(c1ccc(-c2ccc(-n3ccnc3)cc2O)nn1)[C@@H]1C2CC[C@](C)([C@H]1F)N(C)C2. The molecule has 1 saturated carbocycles. The van der Waals surface area contributed by atoms with Crippen molar-refractivity contribution in [3.63, 3.8) is 0 Å². The summed E-state index contributed by atoms with van der Waals surface area (Å²) >= 11 is 0. The molecular formula is C23H27FN6O. The van der Waals surface area contributed by atoms with Crippen molar-refractivity contribution >= 4 is 5.82 Å². The molecule has 3 fully saturated rings. The Kier molecular flexibility index (Phi) is 4.69. The number of anilines is 1. The summed E-state index contributed by atoms with van der Waals surface area (Å²) in [6, 6.07) is 8.84. The van der Waals surface area contributed by atoms with E-state index in [0.717, 1.165) is 25.1 Å². The number of aromatic hydroxyl groups is 1. The standard InChI is InChI=1S/C23H27FN6O/c1-23-9-8-15(13-28(23)2)21(22(23)24)29(3)20-7-6-18(26-27-20)17-5-4-16(12-19(17)31)30-11-10-25-14-30/h4-7,10-12,14-15,21-22,31H,8-9,13H2,1-3H3/t15?,21-,22+,23-/m1/s1. The lowest BCUT2D eigenvalue weighted by Crippen LogP contribution is -2.70. The highest BCUT2D eigenvalue weighted by Gasteiger charge is 2.55. The number of hydrogen-bond donors (Lipinski definition) is 1. The molecule has 1 aliphatic carbocycles. The smallest absolute Gasteiger partial charge is 0.151 e. The molecule has 1 aromatic carbocycles. The lowest BCUT2D eigenvalue weighted by atomic mass is 9.67. The Labute approximate surface area is 181 Å².